The number of piperidine rings is 1. The molecule has 1 atom stereocenters. The van der Waals surface area contributed by atoms with Gasteiger partial charge in [-0.25, -0.2) is 9.37 Å². The van der Waals surface area contributed by atoms with Crippen LogP contribution in [0.4, 0.5) is 27.5 Å². The Kier molecular flexibility index (Phi) is 9.01. The van der Waals surface area contributed by atoms with Crippen molar-refractivity contribution < 1.29 is 9.18 Å². The molecular formula is C28H40FN9O. The molecule has 0 saturated carbocycles. The second kappa shape index (κ2) is 12.4. The molecule has 10 nitrogen and oxygen atoms in total. The maximum atomic E-state index is 13.9. The van der Waals surface area contributed by atoms with E-state index in [0.717, 1.165) is 36.0 Å². The van der Waals surface area contributed by atoms with E-state index in [1.54, 1.807) is 6.33 Å². The monoisotopic (exact) mass is 537 g/mol. The normalized spacial score (nSPS) is 18.0. The Labute approximate surface area is 229 Å². The number of nitrogens with two attached hydrogens (primary N) is 1. The number of benzene rings is 1. The van der Waals surface area contributed by atoms with E-state index in [-0.39, 0.29) is 6.04 Å². The number of imidazole rings is 1. The lowest BCUT2D eigenvalue weighted by Crippen LogP contribution is -2.41. The van der Waals surface area contributed by atoms with Crippen LogP contribution in [-0.2, 0) is 4.79 Å². The molecule has 1 unspecified atom stereocenters. The summed E-state index contributed by atoms with van der Waals surface area (Å²) < 4.78 is 15.9. The molecule has 0 radical (unpaired) electrons. The second-order valence-corrected chi connectivity index (χ2v) is 10.6. The summed E-state index contributed by atoms with van der Waals surface area (Å²) in [6.45, 7) is 10.4. The lowest BCUT2D eigenvalue weighted by atomic mass is 10.0. The van der Waals surface area contributed by atoms with Gasteiger partial charge in [0.2, 0.25) is 11.9 Å². The van der Waals surface area contributed by atoms with Crippen molar-refractivity contribution in [3.63, 3.8) is 0 Å². The molecule has 2 saturated heterocycles. The molecule has 3 aromatic rings. The molecule has 210 valence electrons. The molecule has 11 heteroatoms. The van der Waals surface area contributed by atoms with Crippen LogP contribution in [0.15, 0.2) is 43.2 Å². The molecular weight excluding hydrogens is 497 g/mol. The second-order valence-electron chi connectivity index (χ2n) is 10.6. The number of rotatable bonds is 7. The topological polar surface area (TPSA) is 108 Å². The molecule has 39 heavy (non-hydrogen) atoms. The Morgan fingerprint density at radius 2 is 1.77 bits per heavy atom. The summed E-state index contributed by atoms with van der Waals surface area (Å²) in [5.41, 5.74) is 8.22. The van der Waals surface area contributed by atoms with Gasteiger partial charge in [0.25, 0.3) is 0 Å². The van der Waals surface area contributed by atoms with Crippen molar-refractivity contribution in [2.24, 2.45) is 5.73 Å². The molecule has 0 bridgehead atoms. The number of amides is 1. The van der Waals surface area contributed by atoms with Gasteiger partial charge < -0.3 is 30.3 Å². The van der Waals surface area contributed by atoms with Gasteiger partial charge in [-0.15, -0.1) is 0 Å². The van der Waals surface area contributed by atoms with Crippen LogP contribution in [0.2, 0.25) is 0 Å². The maximum absolute atomic E-state index is 13.9. The average Bonchev–Trinajstić information content (AvgIpc) is 3.56. The fourth-order valence-electron chi connectivity index (χ4n) is 4.94. The van der Waals surface area contributed by atoms with Crippen molar-refractivity contribution in [1.29, 1.82) is 0 Å². The van der Waals surface area contributed by atoms with Crippen molar-refractivity contribution in [2.75, 3.05) is 55.4 Å². The molecule has 1 aromatic carbocycles. The highest BCUT2D eigenvalue weighted by atomic mass is 19.1. The smallest absolute Gasteiger partial charge is 0.240 e. The molecule has 4 heterocycles. The number of halogens is 1. The van der Waals surface area contributed by atoms with Crippen LogP contribution >= 0.6 is 0 Å². The van der Waals surface area contributed by atoms with E-state index in [0.29, 0.717) is 37.3 Å². The molecule has 3 N–H and O–H groups in total. The Balaban J connectivity index is 0.000000648. The zero-order chi connectivity index (χ0) is 28.1. The third-order valence-corrected chi connectivity index (χ3v) is 7.27. The molecule has 0 spiro atoms. The van der Waals surface area contributed by atoms with Gasteiger partial charge in [-0.1, -0.05) is 6.58 Å². The van der Waals surface area contributed by atoms with E-state index in [2.05, 4.69) is 84.6 Å². The Morgan fingerprint density at radius 1 is 1.13 bits per heavy atom. The Hall–Kier alpha value is -3.73. The van der Waals surface area contributed by atoms with Gasteiger partial charge >= 0.3 is 0 Å². The highest BCUT2D eigenvalue weighted by Gasteiger charge is 2.26. The summed E-state index contributed by atoms with van der Waals surface area (Å²) in [7, 11) is 4.33. The molecule has 2 aliphatic rings. The van der Waals surface area contributed by atoms with Gasteiger partial charge in [-0.2, -0.15) is 9.97 Å². The molecule has 2 aromatic heterocycles. The minimum absolute atomic E-state index is 0.212. The predicted molar refractivity (Wildman–Crippen MR) is 155 cm³/mol. The average molecular weight is 538 g/mol. The first-order chi connectivity index (χ1) is 18.7. The Bertz CT molecular complexity index is 1270. The first kappa shape index (κ1) is 28.3. The van der Waals surface area contributed by atoms with E-state index < -0.39 is 12.1 Å². The van der Waals surface area contributed by atoms with Crippen LogP contribution in [0.1, 0.15) is 39.2 Å². The van der Waals surface area contributed by atoms with Crippen LogP contribution in [0.25, 0.3) is 11.2 Å². The van der Waals surface area contributed by atoms with Gasteiger partial charge in [-0.05, 0) is 77.5 Å². The summed E-state index contributed by atoms with van der Waals surface area (Å²) >= 11 is 0. The highest BCUT2D eigenvalue weighted by molar-refractivity contribution is 5.87. The number of nitrogens with zero attached hydrogens (tertiary/aromatic N) is 7. The summed E-state index contributed by atoms with van der Waals surface area (Å²) in [6, 6.07) is 9.39. The Morgan fingerprint density at radius 3 is 2.31 bits per heavy atom. The number of fused-ring (bicyclic) bond motifs is 1. The fraction of sp³-hybridized carbons (Fsp3) is 0.500. The van der Waals surface area contributed by atoms with Crippen molar-refractivity contribution in [3.8, 4) is 0 Å². The maximum Gasteiger partial charge on any atom is 0.240 e. The molecule has 2 aliphatic heterocycles. The van der Waals surface area contributed by atoms with Gasteiger partial charge in [-0.3, -0.25) is 4.79 Å². The number of primary amides is 1. The zero-order valence-corrected chi connectivity index (χ0v) is 23.3. The van der Waals surface area contributed by atoms with Crippen molar-refractivity contribution in [2.45, 2.75) is 51.4 Å². The first-order valence-corrected chi connectivity index (χ1v) is 13.5. The number of hydrogen-bond acceptors (Lipinski definition) is 8. The standard InChI is InChI=1S/C25H35FN8.C3H5NO/c1-17(2)34-16-27-22-23(29-25(30-24(22)34)33-12-9-18(26)15-33)28-19-5-7-21(8-6-19)32-13-10-20(11-14-32)31(3)4;1-2-3(4)5/h5-8,16-18,20H,9-15H2,1-4H3,(H,28,29,30);2H,1H2,(H2,4,5). The van der Waals surface area contributed by atoms with Crippen LogP contribution in [0.3, 0.4) is 0 Å². The quantitative estimate of drug-likeness (QED) is 0.437. The number of aromatic nitrogens is 4. The summed E-state index contributed by atoms with van der Waals surface area (Å²) in [6.07, 6.45) is 4.91. The largest absolute Gasteiger partial charge is 0.371 e. The first-order valence-electron chi connectivity index (χ1n) is 13.5. The number of alkyl halides is 1. The van der Waals surface area contributed by atoms with E-state index in [9.17, 15) is 9.18 Å². The minimum atomic E-state index is -0.832. The number of anilines is 4. The van der Waals surface area contributed by atoms with E-state index in [1.165, 1.54) is 18.5 Å². The number of carbonyl (C=O) groups is 1. The van der Waals surface area contributed by atoms with Gasteiger partial charge in [0, 0.05) is 43.1 Å². The lowest BCUT2D eigenvalue weighted by molar-refractivity contribution is -0.113. The third-order valence-electron chi connectivity index (χ3n) is 7.27. The highest BCUT2D eigenvalue weighted by Crippen LogP contribution is 2.30. The van der Waals surface area contributed by atoms with Crippen molar-refractivity contribution >= 4 is 40.2 Å². The minimum Gasteiger partial charge on any atom is -0.371 e. The van der Waals surface area contributed by atoms with Gasteiger partial charge in [0.1, 0.15) is 6.17 Å². The molecule has 2 fully saturated rings. The molecule has 1 amide bonds. The summed E-state index contributed by atoms with van der Waals surface area (Å²) in [5.74, 6) is 0.726. The molecule has 5 rings (SSSR count). The third kappa shape index (κ3) is 6.83. The van der Waals surface area contributed by atoms with Crippen LogP contribution in [0.5, 0.6) is 0 Å². The van der Waals surface area contributed by atoms with E-state index >= 15 is 0 Å². The predicted octanol–water partition coefficient (Wildman–Crippen LogP) is 3.89. The summed E-state index contributed by atoms with van der Waals surface area (Å²) in [5, 5.41) is 3.45. The lowest BCUT2D eigenvalue weighted by Gasteiger charge is -2.36. The zero-order valence-electron chi connectivity index (χ0n) is 23.3. The summed E-state index contributed by atoms with van der Waals surface area (Å²) in [4.78, 5) is 30.3. The van der Waals surface area contributed by atoms with Gasteiger partial charge in [0.05, 0.1) is 12.9 Å². The number of hydrogen-bond donors (Lipinski definition) is 2. The van der Waals surface area contributed by atoms with Crippen molar-refractivity contribution in [1.82, 2.24) is 24.4 Å². The number of carbonyl (C=O) groups excluding carboxylic acids is 1. The van der Waals surface area contributed by atoms with Crippen LogP contribution in [0, 0.1) is 0 Å². The van der Waals surface area contributed by atoms with Crippen molar-refractivity contribution in [3.05, 3.63) is 43.2 Å². The van der Waals surface area contributed by atoms with Gasteiger partial charge in [0.15, 0.2) is 17.0 Å². The van der Waals surface area contributed by atoms with Crippen LogP contribution in [-0.4, -0.2) is 82.8 Å². The van der Waals surface area contributed by atoms with Crippen LogP contribution < -0.4 is 20.9 Å². The van der Waals surface area contributed by atoms with E-state index in [1.807, 2.05) is 9.47 Å². The fourth-order valence-corrected chi connectivity index (χ4v) is 4.94. The number of nitrogens with one attached hydrogen (secondary N) is 1. The SMILES string of the molecule is C=CC(N)=O.CC(C)n1cnc2c(Nc3ccc(N4CCC(N(C)C)CC4)cc3)nc(N3CCC(F)C3)nc21. The molecule has 0 aliphatic carbocycles. The van der Waals surface area contributed by atoms with E-state index in [4.69, 9.17) is 9.97 Å².